The van der Waals surface area contributed by atoms with Gasteiger partial charge >= 0.3 is 6.18 Å². The second kappa shape index (κ2) is 10.2. The number of sulfonamides is 1. The van der Waals surface area contributed by atoms with Gasteiger partial charge in [0.05, 0.1) is 22.2 Å². The number of nitrogens with zero attached hydrogens (tertiary/aromatic N) is 3. The summed E-state index contributed by atoms with van der Waals surface area (Å²) in [4.78, 5) is 20.4. The summed E-state index contributed by atoms with van der Waals surface area (Å²) in [5, 5.41) is 0. The summed E-state index contributed by atoms with van der Waals surface area (Å²) in [5.74, 6) is -3.24. The van der Waals surface area contributed by atoms with E-state index in [0.717, 1.165) is 18.2 Å². The molecule has 3 aromatic rings. The Kier molecular flexibility index (Phi) is 7.38. The predicted octanol–water partition coefficient (Wildman–Crippen LogP) is 4.74. The van der Waals surface area contributed by atoms with E-state index in [2.05, 4.69) is 9.97 Å². The number of rotatable bonds is 7. The molecular weight excluding hydrogens is 524 g/mol. The van der Waals surface area contributed by atoms with Gasteiger partial charge in [-0.3, -0.25) is 4.79 Å². The van der Waals surface area contributed by atoms with Crippen LogP contribution in [0.25, 0.3) is 11.3 Å². The Morgan fingerprint density at radius 1 is 1.00 bits per heavy atom. The third-order valence-corrected chi connectivity index (χ3v) is 7.80. The van der Waals surface area contributed by atoms with Crippen LogP contribution in [-0.4, -0.2) is 47.2 Å². The lowest BCUT2D eigenvalue weighted by atomic mass is 10.0. The maximum absolute atomic E-state index is 14.2. The number of carbonyl (C=O) groups excluding carboxylic acids is 1. The summed E-state index contributed by atoms with van der Waals surface area (Å²) in [5.41, 5.74) is 0.256. The molecule has 1 aliphatic rings. The van der Waals surface area contributed by atoms with Gasteiger partial charge in [0.25, 0.3) is 0 Å². The first-order valence-electron chi connectivity index (χ1n) is 11.0. The highest BCUT2D eigenvalue weighted by molar-refractivity contribution is 7.89. The quantitative estimate of drug-likeness (QED) is 0.402. The van der Waals surface area contributed by atoms with Crippen LogP contribution in [0.3, 0.4) is 0 Å². The van der Waals surface area contributed by atoms with Crippen LogP contribution in [0, 0.1) is 11.6 Å². The molecule has 2 aromatic carbocycles. The average molecular weight is 543 g/mol. The number of Topliss-reactive ketones (excluding diaryl/α,β-unsaturated/α-hetero) is 1. The number of aryl methyl sites for hydroxylation is 1. The lowest BCUT2D eigenvalue weighted by Gasteiger charge is -2.22. The van der Waals surface area contributed by atoms with Crippen molar-refractivity contribution in [2.45, 2.75) is 42.5 Å². The Morgan fingerprint density at radius 2 is 1.70 bits per heavy atom. The molecule has 0 bridgehead atoms. The summed E-state index contributed by atoms with van der Waals surface area (Å²) < 4.78 is 106. The number of hydrogen-bond acceptors (Lipinski definition) is 5. The molecule has 2 atom stereocenters. The van der Waals surface area contributed by atoms with E-state index in [0.29, 0.717) is 33.4 Å². The molecule has 2 heterocycles. The fourth-order valence-corrected chi connectivity index (χ4v) is 5.69. The molecular formula is C24H19F6N3O3S. The van der Waals surface area contributed by atoms with Crippen molar-refractivity contribution in [3.05, 3.63) is 77.8 Å². The number of ketones is 1. The topological polar surface area (TPSA) is 80.2 Å². The number of alkyl halides is 4. The minimum atomic E-state index is -4.49. The van der Waals surface area contributed by atoms with Crippen molar-refractivity contribution in [2.24, 2.45) is 0 Å². The zero-order chi connectivity index (χ0) is 27.0. The first-order chi connectivity index (χ1) is 17.4. The molecule has 0 saturated carbocycles. The fraction of sp³-hybridized carbons (Fsp3) is 0.292. The molecule has 1 aromatic heterocycles. The van der Waals surface area contributed by atoms with Crippen LogP contribution in [0.15, 0.2) is 59.8 Å². The molecule has 0 spiro atoms. The molecule has 1 aliphatic heterocycles. The second-order valence-corrected chi connectivity index (χ2v) is 10.3. The highest BCUT2D eigenvalue weighted by Gasteiger charge is 2.44. The summed E-state index contributed by atoms with van der Waals surface area (Å²) >= 11 is 0. The third-order valence-electron chi connectivity index (χ3n) is 5.93. The lowest BCUT2D eigenvalue weighted by Crippen LogP contribution is -2.40. The smallest absolute Gasteiger partial charge is 0.298 e. The molecule has 196 valence electrons. The van der Waals surface area contributed by atoms with Crippen molar-refractivity contribution in [2.75, 3.05) is 6.54 Å². The van der Waals surface area contributed by atoms with Gasteiger partial charge in [0.2, 0.25) is 10.0 Å². The van der Waals surface area contributed by atoms with Gasteiger partial charge in [-0.15, -0.1) is 0 Å². The Hall–Kier alpha value is -3.32. The molecule has 37 heavy (non-hydrogen) atoms. The molecule has 0 amide bonds. The van der Waals surface area contributed by atoms with Crippen LogP contribution in [0.2, 0.25) is 0 Å². The molecule has 13 heteroatoms. The SMILES string of the molecule is O=C(CCc1cc(-c2ccc(C(F)(F)F)cc2)ncn1)[C@@H]1C[C@@H](F)CN1S(=O)(=O)c1ccc(F)c(F)c1. The minimum absolute atomic E-state index is 0.0293. The zero-order valence-electron chi connectivity index (χ0n) is 18.9. The van der Waals surface area contributed by atoms with Gasteiger partial charge in [-0.25, -0.2) is 31.6 Å². The van der Waals surface area contributed by atoms with E-state index in [1.54, 1.807) is 0 Å². The van der Waals surface area contributed by atoms with Crippen molar-refractivity contribution < 1.29 is 39.6 Å². The molecule has 0 aliphatic carbocycles. The Morgan fingerprint density at radius 3 is 2.35 bits per heavy atom. The highest BCUT2D eigenvalue weighted by atomic mass is 32.2. The van der Waals surface area contributed by atoms with E-state index in [4.69, 9.17) is 0 Å². The summed E-state index contributed by atoms with van der Waals surface area (Å²) in [7, 11) is -4.48. The Bertz CT molecular complexity index is 1410. The van der Waals surface area contributed by atoms with Gasteiger partial charge in [-0.05, 0) is 42.8 Å². The number of benzene rings is 2. The number of aromatic nitrogens is 2. The first kappa shape index (κ1) is 26.7. The van der Waals surface area contributed by atoms with Gasteiger partial charge in [-0.1, -0.05) is 12.1 Å². The van der Waals surface area contributed by atoms with Crippen molar-refractivity contribution in [3.8, 4) is 11.3 Å². The van der Waals surface area contributed by atoms with Crippen LogP contribution >= 0.6 is 0 Å². The Balaban J connectivity index is 1.48. The predicted molar refractivity (Wildman–Crippen MR) is 119 cm³/mol. The normalized spacial score (nSPS) is 18.8. The lowest BCUT2D eigenvalue weighted by molar-refractivity contribution is -0.137. The first-order valence-corrected chi connectivity index (χ1v) is 12.4. The van der Waals surface area contributed by atoms with Crippen LogP contribution in [0.5, 0.6) is 0 Å². The van der Waals surface area contributed by atoms with Gasteiger partial charge in [0, 0.05) is 30.6 Å². The summed E-state index contributed by atoms with van der Waals surface area (Å²) in [6, 6.07) is 6.41. The third kappa shape index (κ3) is 5.82. The Labute approximate surface area is 208 Å². The maximum Gasteiger partial charge on any atom is 0.416 e. The van der Waals surface area contributed by atoms with Crippen molar-refractivity contribution >= 4 is 15.8 Å². The van der Waals surface area contributed by atoms with Gasteiger partial charge in [0.1, 0.15) is 12.5 Å². The maximum atomic E-state index is 14.2. The van der Waals surface area contributed by atoms with Crippen LogP contribution < -0.4 is 0 Å². The van der Waals surface area contributed by atoms with E-state index in [9.17, 15) is 39.6 Å². The number of halogens is 6. The van der Waals surface area contributed by atoms with Crippen molar-refractivity contribution in [1.29, 1.82) is 0 Å². The molecule has 1 fully saturated rings. The van der Waals surface area contributed by atoms with E-state index in [1.807, 2.05) is 0 Å². The van der Waals surface area contributed by atoms with Crippen molar-refractivity contribution in [3.63, 3.8) is 0 Å². The van der Waals surface area contributed by atoms with Gasteiger partial charge in [-0.2, -0.15) is 17.5 Å². The molecule has 6 nitrogen and oxygen atoms in total. The van der Waals surface area contributed by atoms with E-state index >= 15 is 0 Å². The summed E-state index contributed by atoms with van der Waals surface area (Å²) in [6.07, 6.45) is -5.51. The van der Waals surface area contributed by atoms with E-state index in [-0.39, 0.29) is 19.3 Å². The van der Waals surface area contributed by atoms with E-state index < -0.39 is 62.8 Å². The molecule has 0 radical (unpaired) electrons. The van der Waals surface area contributed by atoms with Gasteiger partial charge < -0.3 is 0 Å². The molecule has 1 saturated heterocycles. The largest absolute Gasteiger partial charge is 0.416 e. The van der Waals surface area contributed by atoms with Crippen LogP contribution in [0.4, 0.5) is 26.3 Å². The van der Waals surface area contributed by atoms with Crippen LogP contribution in [-0.2, 0) is 27.4 Å². The monoisotopic (exact) mass is 543 g/mol. The summed E-state index contributed by atoms with van der Waals surface area (Å²) in [6.45, 7) is -0.608. The van der Waals surface area contributed by atoms with Gasteiger partial charge in [0.15, 0.2) is 17.4 Å². The highest BCUT2D eigenvalue weighted by Crippen LogP contribution is 2.32. The second-order valence-electron chi connectivity index (χ2n) is 8.44. The fourth-order valence-electron chi connectivity index (χ4n) is 4.03. The van der Waals surface area contributed by atoms with E-state index in [1.165, 1.54) is 24.5 Å². The zero-order valence-corrected chi connectivity index (χ0v) is 19.7. The number of carbonyl (C=O) groups is 1. The minimum Gasteiger partial charge on any atom is -0.298 e. The van der Waals surface area contributed by atoms with Crippen LogP contribution in [0.1, 0.15) is 24.1 Å². The molecule has 4 rings (SSSR count). The standard InChI is InChI=1S/C24H19F6N3O3S/c25-16-9-22(33(12-16)37(35,36)18-6-7-19(26)20(27)11-18)23(34)8-5-17-10-21(32-13-31-17)14-1-3-15(4-2-14)24(28,29)30/h1-4,6-7,10-11,13,16,22H,5,8-9,12H2/t16-,22+/m1/s1. The number of hydrogen-bond donors (Lipinski definition) is 0. The van der Waals surface area contributed by atoms with Crippen molar-refractivity contribution in [1.82, 2.24) is 14.3 Å². The average Bonchev–Trinajstić information content (AvgIpc) is 3.26. The molecule has 0 N–H and O–H groups in total. The molecule has 0 unspecified atom stereocenters.